The number of rotatable bonds is 5. The quantitative estimate of drug-likeness (QED) is 0.656. The Hall–Kier alpha value is -3.05. The van der Waals surface area contributed by atoms with Crippen LogP contribution in [0.15, 0.2) is 35.4 Å². The summed E-state index contributed by atoms with van der Waals surface area (Å²) in [6, 6.07) is 6.16. The van der Waals surface area contributed by atoms with Crippen molar-refractivity contribution in [1.82, 2.24) is 23.9 Å². The lowest BCUT2D eigenvalue weighted by Gasteiger charge is -2.26. The Bertz CT molecular complexity index is 1200. The first kappa shape index (κ1) is 20.2. The third-order valence-corrected chi connectivity index (χ3v) is 6.90. The molecule has 1 aliphatic heterocycles. The van der Waals surface area contributed by atoms with Crippen molar-refractivity contribution in [2.45, 2.75) is 31.1 Å². The normalized spacial score (nSPS) is 15.3. The molecule has 1 N–H and O–H groups in total. The van der Waals surface area contributed by atoms with Crippen LogP contribution in [-0.2, 0) is 10.0 Å². The van der Waals surface area contributed by atoms with E-state index in [9.17, 15) is 13.2 Å². The van der Waals surface area contributed by atoms with E-state index in [1.54, 1.807) is 12.3 Å². The van der Waals surface area contributed by atoms with Gasteiger partial charge in [0.15, 0.2) is 0 Å². The molecule has 1 aromatic carbocycles. The maximum Gasteiger partial charge on any atom is 0.295 e. The lowest BCUT2D eigenvalue weighted by molar-refractivity contribution is 0.101. The number of sulfonamides is 1. The van der Waals surface area contributed by atoms with Crippen molar-refractivity contribution in [2.75, 3.05) is 25.5 Å². The number of hydrogen-bond donors (Lipinski definition) is 1. The van der Waals surface area contributed by atoms with E-state index < -0.39 is 15.9 Å². The van der Waals surface area contributed by atoms with E-state index in [2.05, 4.69) is 20.4 Å². The zero-order valence-electron chi connectivity index (χ0n) is 16.7. The molecule has 0 atom stereocenters. The van der Waals surface area contributed by atoms with Crippen LogP contribution < -0.4 is 10.1 Å². The van der Waals surface area contributed by atoms with E-state index in [1.165, 1.54) is 34.1 Å². The van der Waals surface area contributed by atoms with Crippen molar-refractivity contribution in [2.24, 2.45) is 0 Å². The summed E-state index contributed by atoms with van der Waals surface area (Å²) in [5.41, 5.74) is 1.00. The van der Waals surface area contributed by atoms with Crippen LogP contribution in [0, 0.1) is 6.92 Å². The van der Waals surface area contributed by atoms with Gasteiger partial charge in [-0.1, -0.05) is 6.42 Å². The average Bonchev–Trinajstić information content (AvgIpc) is 3.20. The van der Waals surface area contributed by atoms with Crippen LogP contribution in [0.5, 0.6) is 5.75 Å². The molecular weight excluding hydrogens is 408 g/mol. The number of benzene rings is 1. The Morgan fingerprint density at radius 3 is 2.63 bits per heavy atom. The highest BCUT2D eigenvalue weighted by Gasteiger charge is 2.27. The predicted molar refractivity (Wildman–Crippen MR) is 109 cm³/mol. The van der Waals surface area contributed by atoms with Gasteiger partial charge in [-0.05, 0) is 44.0 Å². The van der Waals surface area contributed by atoms with Gasteiger partial charge < -0.3 is 10.1 Å². The smallest absolute Gasteiger partial charge is 0.295 e. The number of methoxy groups -OCH3 is 1. The monoisotopic (exact) mass is 430 g/mol. The van der Waals surface area contributed by atoms with Crippen molar-refractivity contribution in [3.63, 3.8) is 0 Å². The minimum Gasteiger partial charge on any atom is -0.495 e. The summed E-state index contributed by atoms with van der Waals surface area (Å²) < 4.78 is 34.2. The van der Waals surface area contributed by atoms with Crippen LogP contribution in [-0.4, -0.2) is 58.4 Å². The fourth-order valence-corrected chi connectivity index (χ4v) is 4.92. The van der Waals surface area contributed by atoms with Gasteiger partial charge in [0.2, 0.25) is 15.8 Å². The minimum absolute atomic E-state index is 0.0804. The molecule has 0 unspecified atom stereocenters. The number of hydrogen-bond acceptors (Lipinski definition) is 7. The molecule has 0 radical (unpaired) electrons. The number of piperidine rings is 1. The molecule has 10 nitrogen and oxygen atoms in total. The number of aromatic nitrogens is 4. The summed E-state index contributed by atoms with van der Waals surface area (Å²) >= 11 is 0. The fourth-order valence-electron chi connectivity index (χ4n) is 3.38. The number of fused-ring (bicyclic) bond motifs is 1. The second-order valence-electron chi connectivity index (χ2n) is 7.01. The predicted octanol–water partition coefficient (Wildman–Crippen LogP) is 1.87. The van der Waals surface area contributed by atoms with E-state index in [4.69, 9.17) is 4.74 Å². The summed E-state index contributed by atoms with van der Waals surface area (Å²) in [7, 11) is -2.21. The van der Waals surface area contributed by atoms with Gasteiger partial charge in [0.1, 0.15) is 5.75 Å². The molecule has 4 rings (SSSR count). The summed E-state index contributed by atoms with van der Waals surface area (Å²) in [6.07, 6.45) is 4.28. The van der Waals surface area contributed by atoms with Crippen LogP contribution in [0.2, 0.25) is 0 Å². The molecule has 0 spiro atoms. The van der Waals surface area contributed by atoms with E-state index in [-0.39, 0.29) is 16.4 Å². The van der Waals surface area contributed by atoms with Crippen LogP contribution >= 0.6 is 0 Å². The Labute approximate surface area is 173 Å². The third-order valence-electron chi connectivity index (χ3n) is 5.00. The maximum absolute atomic E-state index is 13.0. The molecule has 1 amide bonds. The second-order valence-corrected chi connectivity index (χ2v) is 8.95. The number of aryl methyl sites for hydroxylation is 1. The standard InChI is InChI=1S/C19H22N6O4S/c1-13-8-9-20-19-22-17(23-25(13)19)18(26)21-15-12-14(6-7-16(15)29-2)30(27,28)24-10-4-3-5-11-24/h6-9,12H,3-5,10-11H2,1-2H3,(H,21,26). The van der Waals surface area contributed by atoms with Crippen LogP contribution in [0.25, 0.3) is 5.78 Å². The topological polar surface area (TPSA) is 119 Å². The average molecular weight is 430 g/mol. The number of carbonyl (C=O) groups excluding carboxylic acids is 1. The molecule has 158 valence electrons. The zero-order chi connectivity index (χ0) is 21.3. The van der Waals surface area contributed by atoms with E-state index >= 15 is 0 Å². The molecule has 3 aromatic rings. The van der Waals surface area contributed by atoms with E-state index in [0.29, 0.717) is 24.6 Å². The zero-order valence-corrected chi connectivity index (χ0v) is 17.5. The molecule has 3 heterocycles. The largest absolute Gasteiger partial charge is 0.495 e. The lowest BCUT2D eigenvalue weighted by atomic mass is 10.2. The van der Waals surface area contributed by atoms with Gasteiger partial charge in [-0.15, -0.1) is 5.10 Å². The summed E-state index contributed by atoms with van der Waals surface area (Å²) in [5, 5.41) is 6.83. The number of ether oxygens (including phenoxy) is 1. The number of carbonyl (C=O) groups is 1. The molecule has 11 heteroatoms. The van der Waals surface area contributed by atoms with Gasteiger partial charge in [0, 0.05) is 25.0 Å². The van der Waals surface area contributed by atoms with Crippen molar-refractivity contribution >= 4 is 27.4 Å². The number of nitrogens with zero attached hydrogens (tertiary/aromatic N) is 5. The molecule has 0 bridgehead atoms. The molecule has 30 heavy (non-hydrogen) atoms. The SMILES string of the molecule is COc1ccc(S(=O)(=O)N2CCCCC2)cc1NC(=O)c1nc2nccc(C)n2n1. The summed E-state index contributed by atoms with van der Waals surface area (Å²) in [4.78, 5) is 21.0. The Balaban J connectivity index is 1.64. The number of amides is 1. The molecular formula is C19H22N6O4S. The third kappa shape index (κ3) is 3.73. The minimum atomic E-state index is -3.65. The molecule has 1 aliphatic rings. The Morgan fingerprint density at radius 2 is 1.93 bits per heavy atom. The molecule has 0 saturated carbocycles. The van der Waals surface area contributed by atoms with Crippen LogP contribution in [0.4, 0.5) is 5.69 Å². The van der Waals surface area contributed by atoms with Crippen molar-refractivity contribution < 1.29 is 17.9 Å². The fraction of sp³-hybridized carbons (Fsp3) is 0.368. The molecule has 0 aliphatic carbocycles. The number of nitrogens with one attached hydrogen (secondary N) is 1. The highest BCUT2D eigenvalue weighted by atomic mass is 32.2. The van der Waals surface area contributed by atoms with Gasteiger partial charge in [-0.3, -0.25) is 4.79 Å². The lowest BCUT2D eigenvalue weighted by Crippen LogP contribution is -2.35. The first-order valence-corrected chi connectivity index (χ1v) is 11.0. The molecule has 1 fully saturated rings. The molecule has 1 saturated heterocycles. The highest BCUT2D eigenvalue weighted by Crippen LogP contribution is 2.30. The van der Waals surface area contributed by atoms with Crippen molar-refractivity contribution in [3.8, 4) is 5.75 Å². The van der Waals surface area contributed by atoms with E-state index in [0.717, 1.165) is 25.0 Å². The first-order chi connectivity index (χ1) is 14.4. The summed E-state index contributed by atoms with van der Waals surface area (Å²) in [6.45, 7) is 2.81. The van der Waals surface area contributed by atoms with Crippen molar-refractivity contribution in [1.29, 1.82) is 0 Å². The summed E-state index contributed by atoms with van der Waals surface area (Å²) in [5.74, 6) is -0.0404. The van der Waals surface area contributed by atoms with Gasteiger partial charge >= 0.3 is 0 Å². The van der Waals surface area contributed by atoms with Gasteiger partial charge in [-0.2, -0.15) is 9.29 Å². The highest BCUT2D eigenvalue weighted by molar-refractivity contribution is 7.89. The maximum atomic E-state index is 13.0. The Morgan fingerprint density at radius 1 is 1.17 bits per heavy atom. The van der Waals surface area contributed by atoms with Gasteiger partial charge in [0.05, 0.1) is 17.7 Å². The van der Waals surface area contributed by atoms with Gasteiger partial charge in [0.25, 0.3) is 11.7 Å². The van der Waals surface area contributed by atoms with Crippen LogP contribution in [0.1, 0.15) is 35.6 Å². The van der Waals surface area contributed by atoms with Crippen LogP contribution in [0.3, 0.4) is 0 Å². The number of anilines is 1. The van der Waals surface area contributed by atoms with E-state index in [1.807, 2.05) is 6.92 Å². The Kier molecular flexibility index (Phi) is 5.39. The molecule has 2 aromatic heterocycles. The first-order valence-electron chi connectivity index (χ1n) is 9.58. The second kappa shape index (κ2) is 8.00. The van der Waals surface area contributed by atoms with Gasteiger partial charge in [-0.25, -0.2) is 17.9 Å². The van der Waals surface area contributed by atoms with Crippen molar-refractivity contribution in [3.05, 3.63) is 42.0 Å².